The maximum absolute atomic E-state index is 12.1. The van der Waals surface area contributed by atoms with Crippen LogP contribution in [0.2, 0.25) is 0 Å². The Hall–Kier alpha value is -1.69. The summed E-state index contributed by atoms with van der Waals surface area (Å²) in [5.74, 6) is -0.0404. The number of hydrogen-bond donors (Lipinski definition) is 1. The molecule has 6 heteroatoms. The molecule has 0 spiro atoms. The van der Waals surface area contributed by atoms with Crippen molar-refractivity contribution < 1.29 is 14.7 Å². The van der Waals surface area contributed by atoms with Crippen LogP contribution in [0.25, 0.3) is 0 Å². The van der Waals surface area contributed by atoms with E-state index in [1.54, 1.807) is 59.9 Å². The fraction of sp³-hybridized carbons (Fsp3) is 0.429. The second kappa shape index (κ2) is 7.79. The van der Waals surface area contributed by atoms with Crippen LogP contribution in [-0.4, -0.2) is 59.6 Å². The van der Waals surface area contributed by atoms with Gasteiger partial charge in [0, 0.05) is 32.9 Å². The van der Waals surface area contributed by atoms with Crippen molar-refractivity contribution in [3.05, 3.63) is 35.4 Å². The van der Waals surface area contributed by atoms with Gasteiger partial charge in [-0.25, -0.2) is 9.59 Å². The lowest BCUT2D eigenvalue weighted by molar-refractivity contribution is 0.0697. The molecule has 0 aromatic heterocycles. The number of hydrogen-bond acceptors (Lipinski definition) is 3. The van der Waals surface area contributed by atoms with Crippen LogP contribution in [0.15, 0.2) is 24.3 Å². The highest BCUT2D eigenvalue weighted by Crippen LogP contribution is 2.08. The number of carboxylic acids is 1. The summed E-state index contributed by atoms with van der Waals surface area (Å²) in [6, 6.07) is 6.52. The van der Waals surface area contributed by atoms with E-state index in [0.717, 1.165) is 11.3 Å². The van der Waals surface area contributed by atoms with E-state index < -0.39 is 5.97 Å². The highest BCUT2D eigenvalue weighted by atomic mass is 32.2. The summed E-state index contributed by atoms with van der Waals surface area (Å²) in [6.45, 7) is 1.17. The first-order chi connectivity index (χ1) is 9.45. The number of carbonyl (C=O) groups is 2. The molecule has 0 atom stereocenters. The molecule has 0 saturated carbocycles. The van der Waals surface area contributed by atoms with Crippen molar-refractivity contribution in [1.29, 1.82) is 0 Å². The van der Waals surface area contributed by atoms with Crippen LogP contribution < -0.4 is 0 Å². The van der Waals surface area contributed by atoms with Crippen molar-refractivity contribution in [3.8, 4) is 0 Å². The predicted octanol–water partition coefficient (Wildman–Crippen LogP) is 2.23. The summed E-state index contributed by atoms with van der Waals surface area (Å²) < 4.78 is 0. The molecule has 0 aliphatic carbocycles. The number of carboxylic acid groups (broad SMARTS) is 1. The lowest BCUT2D eigenvalue weighted by atomic mass is 10.1. The van der Waals surface area contributed by atoms with E-state index in [1.807, 2.05) is 6.26 Å². The van der Waals surface area contributed by atoms with Gasteiger partial charge in [-0.1, -0.05) is 12.1 Å². The standard InChI is InChI=1S/C14H20N2O3S/c1-15(8-9-20-3)14(19)16(2)10-11-4-6-12(7-5-11)13(17)18/h4-7H,8-10H2,1-3H3,(H,17,18). The first kappa shape index (κ1) is 16.4. The van der Waals surface area contributed by atoms with E-state index in [0.29, 0.717) is 13.1 Å². The normalized spacial score (nSPS) is 10.2. The molecule has 110 valence electrons. The van der Waals surface area contributed by atoms with E-state index in [4.69, 9.17) is 5.11 Å². The van der Waals surface area contributed by atoms with Gasteiger partial charge in [0.2, 0.25) is 0 Å². The van der Waals surface area contributed by atoms with Gasteiger partial charge in [-0.05, 0) is 24.0 Å². The predicted molar refractivity (Wildman–Crippen MR) is 81.3 cm³/mol. The van der Waals surface area contributed by atoms with Crippen LogP contribution in [0.1, 0.15) is 15.9 Å². The number of rotatable bonds is 6. The van der Waals surface area contributed by atoms with E-state index >= 15 is 0 Å². The second-order valence-corrected chi connectivity index (χ2v) is 5.54. The maximum Gasteiger partial charge on any atom is 0.335 e. The molecule has 0 saturated heterocycles. The van der Waals surface area contributed by atoms with Crippen LogP contribution in [0, 0.1) is 0 Å². The highest BCUT2D eigenvalue weighted by molar-refractivity contribution is 7.98. The molecule has 1 aromatic carbocycles. The number of nitrogens with zero attached hydrogens (tertiary/aromatic N) is 2. The minimum absolute atomic E-state index is 0.0404. The lowest BCUT2D eigenvalue weighted by Crippen LogP contribution is -2.39. The van der Waals surface area contributed by atoms with Crippen LogP contribution >= 0.6 is 11.8 Å². The monoisotopic (exact) mass is 296 g/mol. The summed E-state index contributed by atoms with van der Waals surface area (Å²) in [6.07, 6.45) is 2.01. The molecule has 0 fully saturated rings. The average molecular weight is 296 g/mol. The quantitative estimate of drug-likeness (QED) is 0.874. The molecule has 1 aromatic rings. The van der Waals surface area contributed by atoms with Gasteiger partial charge in [0.25, 0.3) is 0 Å². The van der Waals surface area contributed by atoms with Crippen molar-refractivity contribution >= 4 is 23.8 Å². The molecular formula is C14H20N2O3S. The van der Waals surface area contributed by atoms with E-state index in [9.17, 15) is 9.59 Å². The third-order valence-electron chi connectivity index (χ3n) is 2.90. The molecule has 2 amide bonds. The summed E-state index contributed by atoms with van der Waals surface area (Å²) in [4.78, 5) is 26.1. The molecule has 0 unspecified atom stereocenters. The van der Waals surface area contributed by atoms with Crippen molar-refractivity contribution in [2.45, 2.75) is 6.54 Å². The Morgan fingerprint density at radius 1 is 1.15 bits per heavy atom. The van der Waals surface area contributed by atoms with Crippen molar-refractivity contribution in [3.63, 3.8) is 0 Å². The van der Waals surface area contributed by atoms with E-state index in [1.165, 1.54) is 0 Å². The zero-order chi connectivity index (χ0) is 15.1. The largest absolute Gasteiger partial charge is 0.478 e. The molecular weight excluding hydrogens is 276 g/mol. The topological polar surface area (TPSA) is 60.9 Å². The third-order valence-corrected chi connectivity index (χ3v) is 3.50. The summed E-state index contributed by atoms with van der Waals surface area (Å²) in [5.41, 5.74) is 1.16. The first-order valence-corrected chi connectivity index (χ1v) is 7.62. The first-order valence-electron chi connectivity index (χ1n) is 6.23. The fourth-order valence-electron chi connectivity index (χ4n) is 1.71. The van der Waals surface area contributed by atoms with Gasteiger partial charge in [-0.2, -0.15) is 11.8 Å². The Morgan fingerprint density at radius 2 is 1.75 bits per heavy atom. The Morgan fingerprint density at radius 3 is 2.25 bits per heavy atom. The number of thioether (sulfide) groups is 1. The smallest absolute Gasteiger partial charge is 0.335 e. The Kier molecular flexibility index (Phi) is 6.38. The second-order valence-electron chi connectivity index (χ2n) is 4.56. The van der Waals surface area contributed by atoms with Gasteiger partial charge in [-0.3, -0.25) is 0 Å². The average Bonchev–Trinajstić information content (AvgIpc) is 2.44. The fourth-order valence-corrected chi connectivity index (χ4v) is 2.17. The van der Waals surface area contributed by atoms with E-state index in [2.05, 4.69) is 0 Å². The highest BCUT2D eigenvalue weighted by Gasteiger charge is 2.14. The number of carbonyl (C=O) groups excluding carboxylic acids is 1. The molecule has 0 bridgehead atoms. The number of benzene rings is 1. The SMILES string of the molecule is CSCCN(C)C(=O)N(C)Cc1ccc(C(=O)O)cc1. The van der Waals surface area contributed by atoms with Crippen LogP contribution in [0.5, 0.6) is 0 Å². The summed E-state index contributed by atoms with van der Waals surface area (Å²) in [7, 11) is 3.52. The molecule has 1 rings (SSSR count). The van der Waals surface area contributed by atoms with Crippen molar-refractivity contribution in [2.24, 2.45) is 0 Å². The third kappa shape index (κ3) is 4.77. The maximum atomic E-state index is 12.1. The van der Waals surface area contributed by atoms with Crippen LogP contribution in [0.4, 0.5) is 4.79 Å². The Labute approximate surface area is 123 Å². The minimum Gasteiger partial charge on any atom is -0.478 e. The Balaban J connectivity index is 2.58. The van der Waals surface area contributed by atoms with Crippen molar-refractivity contribution in [2.75, 3.05) is 32.6 Å². The Bertz CT molecular complexity index is 462. The van der Waals surface area contributed by atoms with E-state index in [-0.39, 0.29) is 11.6 Å². The number of aromatic carboxylic acids is 1. The van der Waals surface area contributed by atoms with Crippen molar-refractivity contribution in [1.82, 2.24) is 9.80 Å². The number of urea groups is 1. The molecule has 0 aliphatic heterocycles. The molecule has 0 aliphatic rings. The lowest BCUT2D eigenvalue weighted by Gasteiger charge is -2.24. The van der Waals surface area contributed by atoms with Crippen LogP contribution in [0.3, 0.4) is 0 Å². The van der Waals surface area contributed by atoms with Crippen LogP contribution in [-0.2, 0) is 6.54 Å². The summed E-state index contributed by atoms with van der Waals surface area (Å²) >= 11 is 1.70. The van der Waals surface area contributed by atoms with Gasteiger partial charge >= 0.3 is 12.0 Å². The number of amides is 2. The zero-order valence-electron chi connectivity index (χ0n) is 12.0. The molecule has 0 heterocycles. The molecule has 5 nitrogen and oxygen atoms in total. The van der Waals surface area contributed by atoms with Gasteiger partial charge < -0.3 is 14.9 Å². The molecule has 20 heavy (non-hydrogen) atoms. The van der Waals surface area contributed by atoms with Gasteiger partial charge in [0.05, 0.1) is 5.56 Å². The van der Waals surface area contributed by atoms with Gasteiger partial charge in [0.15, 0.2) is 0 Å². The van der Waals surface area contributed by atoms with Gasteiger partial charge in [-0.15, -0.1) is 0 Å². The zero-order valence-corrected chi connectivity index (χ0v) is 12.8. The minimum atomic E-state index is -0.947. The van der Waals surface area contributed by atoms with Gasteiger partial charge in [0.1, 0.15) is 0 Å². The molecule has 0 radical (unpaired) electrons. The summed E-state index contributed by atoms with van der Waals surface area (Å²) in [5, 5.41) is 8.83. The molecule has 1 N–H and O–H groups in total.